The highest BCUT2D eigenvalue weighted by molar-refractivity contribution is 7.11. The number of likely N-dealkylation sites (N-methyl/N-ethyl adjacent to an activating group) is 1. The number of hydrogen-bond acceptors (Lipinski definition) is 5. The molecule has 0 unspecified atom stereocenters. The molecule has 1 N–H and O–H groups in total. The number of aromatic nitrogens is 1. The van der Waals surface area contributed by atoms with Crippen LogP contribution < -0.4 is 5.32 Å². The van der Waals surface area contributed by atoms with Gasteiger partial charge < -0.3 is 10.2 Å². The quantitative estimate of drug-likeness (QED) is 0.836. The van der Waals surface area contributed by atoms with E-state index in [0.29, 0.717) is 0 Å². The zero-order valence-electron chi connectivity index (χ0n) is 13.4. The van der Waals surface area contributed by atoms with Gasteiger partial charge in [0.2, 0.25) is 0 Å². The molecule has 0 atom stereocenters. The second-order valence-corrected chi connectivity index (χ2v) is 7.36. The maximum Gasteiger partial charge on any atom is 0.107 e. The Labute approximate surface area is 132 Å². The first-order valence-corrected chi connectivity index (χ1v) is 9.25. The van der Waals surface area contributed by atoms with Gasteiger partial charge >= 0.3 is 0 Å². The molecule has 4 nitrogen and oxygen atoms in total. The predicted octanol–water partition coefficient (Wildman–Crippen LogP) is 2.09. The van der Waals surface area contributed by atoms with E-state index in [1.54, 1.807) is 0 Å². The van der Waals surface area contributed by atoms with Crippen molar-refractivity contribution in [1.29, 1.82) is 0 Å². The Morgan fingerprint density at radius 3 is 2.48 bits per heavy atom. The van der Waals surface area contributed by atoms with E-state index >= 15 is 0 Å². The lowest BCUT2D eigenvalue weighted by molar-refractivity contribution is 0.132. The van der Waals surface area contributed by atoms with Gasteiger partial charge in [0, 0.05) is 43.6 Å². The Balaban J connectivity index is 1.54. The molecule has 0 bridgehead atoms. The molecule has 1 aliphatic carbocycles. The minimum atomic E-state index is 0.780. The van der Waals surface area contributed by atoms with E-state index in [0.717, 1.165) is 25.6 Å². The number of nitrogens with one attached hydrogen (secondary N) is 1. The second-order valence-electron chi connectivity index (χ2n) is 6.20. The molecule has 1 aromatic rings. The lowest BCUT2D eigenvalue weighted by Crippen LogP contribution is -2.45. The summed E-state index contributed by atoms with van der Waals surface area (Å²) in [6.45, 7) is 12.5. The van der Waals surface area contributed by atoms with E-state index in [1.807, 2.05) is 11.3 Å². The summed E-state index contributed by atoms with van der Waals surface area (Å²) in [6.07, 6.45) is 3.77. The number of hydrogen-bond donors (Lipinski definition) is 1. The van der Waals surface area contributed by atoms with Crippen LogP contribution in [-0.2, 0) is 19.5 Å². The fourth-order valence-electron chi connectivity index (χ4n) is 2.90. The van der Waals surface area contributed by atoms with Crippen LogP contribution in [0.3, 0.4) is 0 Å². The van der Waals surface area contributed by atoms with Crippen molar-refractivity contribution < 1.29 is 0 Å². The number of piperazine rings is 1. The van der Waals surface area contributed by atoms with Crippen molar-refractivity contribution in [3.63, 3.8) is 0 Å². The van der Waals surface area contributed by atoms with Crippen LogP contribution in [0.5, 0.6) is 0 Å². The van der Waals surface area contributed by atoms with Crippen LogP contribution in [0.2, 0.25) is 0 Å². The predicted molar refractivity (Wildman–Crippen MR) is 88.7 cm³/mol. The lowest BCUT2D eigenvalue weighted by Gasteiger charge is -2.33. The van der Waals surface area contributed by atoms with Gasteiger partial charge in [-0.25, -0.2) is 4.98 Å². The molecule has 21 heavy (non-hydrogen) atoms. The van der Waals surface area contributed by atoms with Crippen molar-refractivity contribution in [2.45, 2.75) is 52.2 Å². The average molecular weight is 308 g/mol. The molecule has 0 amide bonds. The molecule has 0 spiro atoms. The maximum atomic E-state index is 4.88. The molecule has 1 aliphatic heterocycles. The van der Waals surface area contributed by atoms with E-state index < -0.39 is 0 Å². The first-order chi connectivity index (χ1) is 10.3. The molecule has 2 aliphatic rings. The van der Waals surface area contributed by atoms with Crippen molar-refractivity contribution in [2.24, 2.45) is 0 Å². The highest BCUT2D eigenvalue weighted by Crippen LogP contribution is 2.24. The van der Waals surface area contributed by atoms with Crippen LogP contribution in [0, 0.1) is 0 Å². The van der Waals surface area contributed by atoms with Crippen LogP contribution in [0.1, 0.15) is 42.3 Å². The molecule has 1 saturated carbocycles. The highest BCUT2D eigenvalue weighted by atomic mass is 32.1. The first-order valence-electron chi connectivity index (χ1n) is 8.44. The fraction of sp³-hybridized carbons (Fsp3) is 0.812. The van der Waals surface area contributed by atoms with Gasteiger partial charge in [0.05, 0.1) is 12.2 Å². The number of thiazole rings is 1. The van der Waals surface area contributed by atoms with Gasteiger partial charge in [-0.2, -0.15) is 0 Å². The van der Waals surface area contributed by atoms with Crippen molar-refractivity contribution in [3.8, 4) is 0 Å². The summed E-state index contributed by atoms with van der Waals surface area (Å²) in [6, 6.07) is 0.780. The molecule has 118 valence electrons. The molecule has 2 fully saturated rings. The maximum absolute atomic E-state index is 4.88. The molecular weight excluding hydrogens is 280 g/mol. The van der Waals surface area contributed by atoms with Crippen LogP contribution in [0.4, 0.5) is 0 Å². The lowest BCUT2D eigenvalue weighted by atomic mass is 10.3. The van der Waals surface area contributed by atoms with Gasteiger partial charge in [-0.3, -0.25) is 4.90 Å². The van der Waals surface area contributed by atoms with E-state index in [9.17, 15) is 0 Å². The Kier molecular flexibility index (Phi) is 5.27. The van der Waals surface area contributed by atoms with E-state index in [2.05, 4.69) is 29.0 Å². The second kappa shape index (κ2) is 7.18. The smallest absolute Gasteiger partial charge is 0.107 e. The summed E-state index contributed by atoms with van der Waals surface area (Å²) < 4.78 is 0. The fourth-order valence-corrected chi connectivity index (χ4v) is 4.05. The third-order valence-electron chi connectivity index (χ3n) is 4.56. The normalized spacial score (nSPS) is 21.0. The summed E-state index contributed by atoms with van der Waals surface area (Å²) in [5, 5.41) is 4.94. The number of nitrogens with zero attached hydrogens (tertiary/aromatic N) is 3. The van der Waals surface area contributed by atoms with Crippen LogP contribution >= 0.6 is 11.3 Å². The monoisotopic (exact) mass is 308 g/mol. The van der Waals surface area contributed by atoms with Gasteiger partial charge in [0.15, 0.2) is 0 Å². The average Bonchev–Trinajstić information content (AvgIpc) is 3.27. The van der Waals surface area contributed by atoms with Gasteiger partial charge in [-0.05, 0) is 25.8 Å². The van der Waals surface area contributed by atoms with Crippen LogP contribution in [0.25, 0.3) is 0 Å². The standard InChI is InChI=1S/C16H28N4S/c1-3-14-15(11-17-13-5-6-13)21-16(18-14)12-20-9-7-19(4-2)8-10-20/h13,17H,3-12H2,1-2H3. The molecule has 5 heteroatoms. The summed E-state index contributed by atoms with van der Waals surface area (Å²) in [7, 11) is 0. The summed E-state index contributed by atoms with van der Waals surface area (Å²) in [5.74, 6) is 0. The molecule has 3 rings (SSSR count). The summed E-state index contributed by atoms with van der Waals surface area (Å²) in [5.41, 5.74) is 1.32. The van der Waals surface area contributed by atoms with E-state index in [1.165, 1.54) is 61.1 Å². The van der Waals surface area contributed by atoms with Crippen molar-refractivity contribution in [3.05, 3.63) is 15.6 Å². The molecule has 1 aromatic heterocycles. The van der Waals surface area contributed by atoms with Crippen molar-refractivity contribution in [2.75, 3.05) is 32.7 Å². The summed E-state index contributed by atoms with van der Waals surface area (Å²) in [4.78, 5) is 11.4. The van der Waals surface area contributed by atoms with Crippen LogP contribution in [0.15, 0.2) is 0 Å². The third-order valence-corrected chi connectivity index (χ3v) is 5.64. The van der Waals surface area contributed by atoms with Gasteiger partial charge in [0.1, 0.15) is 5.01 Å². The number of aryl methyl sites for hydroxylation is 1. The SMILES string of the molecule is CCc1nc(CN2CCN(CC)CC2)sc1CNC1CC1. The Bertz CT molecular complexity index is 447. The minimum Gasteiger partial charge on any atom is -0.309 e. The Hall–Kier alpha value is -0.490. The topological polar surface area (TPSA) is 31.4 Å². The van der Waals surface area contributed by atoms with Gasteiger partial charge in [0.25, 0.3) is 0 Å². The van der Waals surface area contributed by atoms with E-state index in [4.69, 9.17) is 4.98 Å². The Morgan fingerprint density at radius 2 is 1.86 bits per heavy atom. The Morgan fingerprint density at radius 1 is 1.14 bits per heavy atom. The van der Waals surface area contributed by atoms with Crippen molar-refractivity contribution in [1.82, 2.24) is 20.1 Å². The first kappa shape index (κ1) is 15.4. The number of rotatable bonds is 7. The largest absolute Gasteiger partial charge is 0.309 e. The molecule has 1 saturated heterocycles. The molecule has 0 radical (unpaired) electrons. The molecular formula is C16H28N4S. The molecule has 2 heterocycles. The highest BCUT2D eigenvalue weighted by Gasteiger charge is 2.22. The van der Waals surface area contributed by atoms with Gasteiger partial charge in [-0.1, -0.05) is 13.8 Å². The van der Waals surface area contributed by atoms with Crippen LogP contribution in [-0.4, -0.2) is 53.5 Å². The van der Waals surface area contributed by atoms with Gasteiger partial charge in [-0.15, -0.1) is 11.3 Å². The minimum absolute atomic E-state index is 0.780. The molecule has 0 aromatic carbocycles. The summed E-state index contributed by atoms with van der Waals surface area (Å²) >= 11 is 1.93. The van der Waals surface area contributed by atoms with E-state index in [-0.39, 0.29) is 0 Å². The zero-order valence-corrected chi connectivity index (χ0v) is 14.2. The zero-order chi connectivity index (χ0) is 14.7. The third kappa shape index (κ3) is 4.25. The van der Waals surface area contributed by atoms with Crippen molar-refractivity contribution >= 4 is 11.3 Å².